The molecular weight excluding hydrogens is 320 g/mol. The second kappa shape index (κ2) is 6.96. The van der Waals surface area contributed by atoms with E-state index in [1.54, 1.807) is 24.3 Å². The number of aliphatic carboxylic acids is 1. The predicted molar refractivity (Wildman–Crippen MR) is 91.9 cm³/mol. The number of aromatic nitrogens is 2. The summed E-state index contributed by atoms with van der Waals surface area (Å²) >= 11 is 0. The number of carboxylic acid groups (broad SMARTS) is 1. The summed E-state index contributed by atoms with van der Waals surface area (Å²) in [6.07, 6.45) is 5.86. The van der Waals surface area contributed by atoms with Crippen molar-refractivity contribution in [2.45, 2.75) is 26.4 Å². The number of carbonyl (C=O) groups excluding carboxylic acids is 1. The lowest BCUT2D eigenvalue weighted by atomic mass is 9.90. The van der Waals surface area contributed by atoms with E-state index in [9.17, 15) is 14.7 Å². The molecule has 1 aromatic carbocycles. The minimum atomic E-state index is -0.853. The van der Waals surface area contributed by atoms with Gasteiger partial charge in [0.15, 0.2) is 0 Å². The zero-order valence-corrected chi connectivity index (χ0v) is 14.2. The fourth-order valence-electron chi connectivity index (χ4n) is 3.05. The van der Waals surface area contributed by atoms with Gasteiger partial charge in [-0.3, -0.25) is 4.79 Å². The smallest absolute Gasteiger partial charge is 0.317 e. The lowest BCUT2D eigenvalue weighted by Gasteiger charge is -2.21. The van der Waals surface area contributed by atoms with Crippen LogP contribution in [0, 0.1) is 5.41 Å². The van der Waals surface area contributed by atoms with Gasteiger partial charge in [-0.1, -0.05) is 24.3 Å². The van der Waals surface area contributed by atoms with Crippen LogP contribution < -0.4 is 5.32 Å². The Balaban J connectivity index is 1.60. The SMILES string of the molecule is CC1(C(=O)O)CCN(C(=O)NCc2ccccc2Cn2ccnc2)C1. The van der Waals surface area contributed by atoms with Crippen LogP contribution in [0.1, 0.15) is 24.5 Å². The van der Waals surface area contributed by atoms with Crippen LogP contribution in [-0.2, 0) is 17.9 Å². The molecule has 0 radical (unpaired) electrons. The Morgan fingerprint density at radius 1 is 1.32 bits per heavy atom. The first-order valence-electron chi connectivity index (χ1n) is 8.27. The largest absolute Gasteiger partial charge is 0.481 e. The number of imidazole rings is 1. The fraction of sp³-hybridized carbons (Fsp3) is 0.389. The van der Waals surface area contributed by atoms with Crippen molar-refractivity contribution in [1.29, 1.82) is 0 Å². The second-order valence-corrected chi connectivity index (χ2v) is 6.70. The van der Waals surface area contributed by atoms with E-state index in [4.69, 9.17) is 0 Å². The van der Waals surface area contributed by atoms with Gasteiger partial charge in [0.2, 0.25) is 0 Å². The number of amides is 2. The quantitative estimate of drug-likeness (QED) is 0.869. The third-order valence-electron chi connectivity index (χ3n) is 4.74. The molecule has 0 saturated carbocycles. The van der Waals surface area contributed by atoms with Crippen molar-refractivity contribution in [2.24, 2.45) is 5.41 Å². The number of rotatable bonds is 5. The minimum absolute atomic E-state index is 0.220. The molecule has 1 aromatic heterocycles. The summed E-state index contributed by atoms with van der Waals surface area (Å²) in [5.74, 6) is -0.853. The lowest BCUT2D eigenvalue weighted by molar-refractivity contribution is -0.147. The van der Waals surface area contributed by atoms with E-state index in [-0.39, 0.29) is 12.6 Å². The van der Waals surface area contributed by atoms with Gasteiger partial charge in [-0.15, -0.1) is 0 Å². The van der Waals surface area contributed by atoms with E-state index < -0.39 is 11.4 Å². The fourth-order valence-corrected chi connectivity index (χ4v) is 3.05. The van der Waals surface area contributed by atoms with E-state index >= 15 is 0 Å². The van der Waals surface area contributed by atoms with Crippen molar-refractivity contribution < 1.29 is 14.7 Å². The summed E-state index contributed by atoms with van der Waals surface area (Å²) in [5, 5.41) is 12.2. The monoisotopic (exact) mass is 342 g/mol. The number of nitrogens with one attached hydrogen (secondary N) is 1. The Hall–Kier alpha value is -2.83. The first-order chi connectivity index (χ1) is 12.0. The first kappa shape index (κ1) is 17.0. The van der Waals surface area contributed by atoms with Gasteiger partial charge in [-0.05, 0) is 24.5 Å². The highest BCUT2D eigenvalue weighted by molar-refractivity contribution is 5.79. The summed E-state index contributed by atoms with van der Waals surface area (Å²) in [4.78, 5) is 29.3. The molecule has 1 fully saturated rings. The number of nitrogens with zero attached hydrogens (tertiary/aromatic N) is 3. The maximum Gasteiger partial charge on any atom is 0.317 e. The number of likely N-dealkylation sites (tertiary alicyclic amines) is 1. The molecule has 2 heterocycles. The van der Waals surface area contributed by atoms with Gasteiger partial charge in [0, 0.05) is 38.6 Å². The Morgan fingerprint density at radius 2 is 2.08 bits per heavy atom. The number of hydrogen-bond acceptors (Lipinski definition) is 3. The van der Waals surface area contributed by atoms with E-state index in [1.807, 2.05) is 35.0 Å². The van der Waals surface area contributed by atoms with Crippen molar-refractivity contribution in [3.8, 4) is 0 Å². The lowest BCUT2D eigenvalue weighted by Crippen LogP contribution is -2.40. The molecule has 1 aliphatic heterocycles. The van der Waals surface area contributed by atoms with Crippen LogP contribution in [0.5, 0.6) is 0 Å². The average molecular weight is 342 g/mol. The summed E-state index contributed by atoms with van der Waals surface area (Å²) < 4.78 is 1.97. The van der Waals surface area contributed by atoms with E-state index in [1.165, 1.54) is 0 Å². The molecule has 3 rings (SSSR count). The third kappa shape index (κ3) is 3.81. The van der Waals surface area contributed by atoms with Gasteiger partial charge in [-0.2, -0.15) is 0 Å². The normalized spacial score (nSPS) is 19.8. The topological polar surface area (TPSA) is 87.5 Å². The number of urea groups is 1. The molecule has 2 N–H and O–H groups in total. The molecule has 0 bridgehead atoms. The molecule has 1 atom stereocenters. The highest BCUT2D eigenvalue weighted by Gasteiger charge is 2.42. The molecule has 7 nitrogen and oxygen atoms in total. The van der Waals surface area contributed by atoms with Crippen molar-refractivity contribution >= 4 is 12.0 Å². The highest BCUT2D eigenvalue weighted by atomic mass is 16.4. The zero-order valence-electron chi connectivity index (χ0n) is 14.2. The molecule has 1 unspecified atom stereocenters. The molecular formula is C18H22N4O3. The van der Waals surface area contributed by atoms with Crippen LogP contribution in [0.3, 0.4) is 0 Å². The zero-order chi connectivity index (χ0) is 17.9. The van der Waals surface area contributed by atoms with Crippen LogP contribution in [0.15, 0.2) is 43.0 Å². The highest BCUT2D eigenvalue weighted by Crippen LogP contribution is 2.30. The molecule has 132 valence electrons. The van der Waals surface area contributed by atoms with Gasteiger partial charge < -0.3 is 19.9 Å². The number of hydrogen-bond donors (Lipinski definition) is 2. The predicted octanol–water partition coefficient (Wildman–Crippen LogP) is 1.94. The van der Waals surface area contributed by atoms with Crippen LogP contribution in [0.2, 0.25) is 0 Å². The maximum absolute atomic E-state index is 12.4. The van der Waals surface area contributed by atoms with Crippen LogP contribution in [0.25, 0.3) is 0 Å². The number of carboxylic acids is 1. The summed E-state index contributed by atoms with van der Waals surface area (Å²) in [5.41, 5.74) is 1.29. The first-order valence-corrected chi connectivity index (χ1v) is 8.27. The van der Waals surface area contributed by atoms with Crippen molar-refractivity contribution in [3.05, 3.63) is 54.1 Å². The standard InChI is InChI=1S/C18H22N4O3/c1-18(16(23)24)6-8-22(12-18)17(25)20-10-14-4-2-3-5-15(14)11-21-9-7-19-13-21/h2-5,7,9,13H,6,8,10-12H2,1H3,(H,20,25)(H,23,24). The average Bonchev–Trinajstić information content (AvgIpc) is 3.24. The summed E-state index contributed by atoms with van der Waals surface area (Å²) in [6, 6.07) is 7.70. The molecule has 25 heavy (non-hydrogen) atoms. The van der Waals surface area contributed by atoms with Crippen LogP contribution in [0.4, 0.5) is 4.79 Å². The van der Waals surface area contributed by atoms with E-state index in [2.05, 4.69) is 10.3 Å². The van der Waals surface area contributed by atoms with Crippen molar-refractivity contribution in [1.82, 2.24) is 19.8 Å². The molecule has 2 amide bonds. The van der Waals surface area contributed by atoms with Gasteiger partial charge in [0.25, 0.3) is 0 Å². The van der Waals surface area contributed by atoms with Crippen LogP contribution in [-0.4, -0.2) is 44.6 Å². The molecule has 1 aliphatic rings. The summed E-state index contributed by atoms with van der Waals surface area (Å²) in [6.45, 7) is 3.48. The van der Waals surface area contributed by atoms with E-state index in [0.717, 1.165) is 11.1 Å². The molecule has 2 aromatic rings. The van der Waals surface area contributed by atoms with E-state index in [0.29, 0.717) is 26.1 Å². The molecule has 1 saturated heterocycles. The maximum atomic E-state index is 12.4. The molecule has 7 heteroatoms. The van der Waals surface area contributed by atoms with Gasteiger partial charge in [0.05, 0.1) is 11.7 Å². The van der Waals surface area contributed by atoms with Crippen molar-refractivity contribution in [2.75, 3.05) is 13.1 Å². The Labute approximate surface area is 146 Å². The minimum Gasteiger partial charge on any atom is -0.481 e. The van der Waals surface area contributed by atoms with Gasteiger partial charge in [0.1, 0.15) is 0 Å². The molecule has 0 spiro atoms. The third-order valence-corrected chi connectivity index (χ3v) is 4.74. The van der Waals surface area contributed by atoms with Crippen LogP contribution >= 0.6 is 0 Å². The van der Waals surface area contributed by atoms with Crippen molar-refractivity contribution in [3.63, 3.8) is 0 Å². The Kier molecular flexibility index (Phi) is 4.74. The Morgan fingerprint density at radius 3 is 2.72 bits per heavy atom. The van der Waals surface area contributed by atoms with Gasteiger partial charge >= 0.3 is 12.0 Å². The summed E-state index contributed by atoms with van der Waals surface area (Å²) in [7, 11) is 0. The molecule has 0 aliphatic carbocycles. The Bertz CT molecular complexity index is 759. The number of benzene rings is 1. The van der Waals surface area contributed by atoms with Gasteiger partial charge in [-0.25, -0.2) is 9.78 Å². The number of carbonyl (C=O) groups is 2. The second-order valence-electron chi connectivity index (χ2n) is 6.70.